The Morgan fingerprint density at radius 3 is 2.61 bits per heavy atom. The van der Waals surface area contributed by atoms with E-state index in [1.54, 1.807) is 0 Å². The van der Waals surface area contributed by atoms with Crippen molar-refractivity contribution in [3.63, 3.8) is 0 Å². The largest absolute Gasteiger partial charge is 0.392 e. The average molecular weight is 289 g/mol. The van der Waals surface area contributed by atoms with Gasteiger partial charge in [0.15, 0.2) is 0 Å². The van der Waals surface area contributed by atoms with Crippen LogP contribution in [-0.2, 0) is 0 Å². The zero-order valence-corrected chi connectivity index (χ0v) is 11.6. The fraction of sp³-hybridized carbons (Fsp3) is 0.333. The van der Waals surface area contributed by atoms with E-state index in [0.29, 0.717) is 0 Å². The Hall–Kier alpha value is -1.20. The molecule has 0 saturated carbocycles. The second-order valence-electron chi connectivity index (χ2n) is 4.22. The monoisotopic (exact) mass is 288 g/mol. The zero-order valence-electron chi connectivity index (χ0n) is 10.0. The molecule has 1 aromatic carbocycles. The van der Waals surface area contributed by atoms with Crippen LogP contribution in [0.5, 0.6) is 0 Å². The molecule has 0 aliphatic carbocycles. The van der Waals surface area contributed by atoms with E-state index in [-0.39, 0.29) is 21.5 Å². The Morgan fingerprint density at radius 1 is 1.50 bits per heavy atom. The van der Waals surface area contributed by atoms with Crippen molar-refractivity contribution >= 4 is 34.7 Å². The number of thiocarbonyl (C=S) groups is 1. The van der Waals surface area contributed by atoms with Crippen molar-refractivity contribution in [3.8, 4) is 0 Å². The molecule has 0 fully saturated rings. The molecule has 0 bridgehead atoms. The van der Waals surface area contributed by atoms with Gasteiger partial charge in [-0.1, -0.05) is 37.7 Å². The van der Waals surface area contributed by atoms with Crippen LogP contribution in [0.15, 0.2) is 18.2 Å². The normalized spacial score (nSPS) is 12.3. The van der Waals surface area contributed by atoms with Crippen LogP contribution in [-0.4, -0.2) is 16.9 Å². The fourth-order valence-electron chi connectivity index (χ4n) is 1.46. The molecule has 0 aliphatic heterocycles. The molecule has 1 rings (SSSR count). The molecule has 1 atom stereocenters. The molecule has 1 unspecified atom stereocenters. The van der Waals surface area contributed by atoms with Crippen LogP contribution in [0.4, 0.5) is 4.39 Å². The van der Waals surface area contributed by atoms with Gasteiger partial charge in [-0.25, -0.2) is 4.39 Å². The highest BCUT2D eigenvalue weighted by Gasteiger charge is 2.21. The van der Waals surface area contributed by atoms with Crippen molar-refractivity contribution in [2.45, 2.75) is 19.9 Å². The maximum atomic E-state index is 13.5. The number of hydrogen-bond acceptors (Lipinski definition) is 2. The van der Waals surface area contributed by atoms with E-state index in [1.807, 2.05) is 13.8 Å². The highest BCUT2D eigenvalue weighted by molar-refractivity contribution is 7.80. The van der Waals surface area contributed by atoms with Gasteiger partial charge in [-0.15, -0.1) is 0 Å². The van der Waals surface area contributed by atoms with Crippen molar-refractivity contribution in [3.05, 3.63) is 34.6 Å². The van der Waals surface area contributed by atoms with Crippen molar-refractivity contribution in [1.82, 2.24) is 5.32 Å². The average Bonchev–Trinajstić information content (AvgIpc) is 2.28. The molecule has 0 heterocycles. The zero-order chi connectivity index (χ0) is 13.9. The van der Waals surface area contributed by atoms with Gasteiger partial charge in [0.2, 0.25) is 0 Å². The summed E-state index contributed by atoms with van der Waals surface area (Å²) in [4.78, 5) is 12.1. The van der Waals surface area contributed by atoms with E-state index >= 15 is 0 Å². The first kappa shape index (κ1) is 14.9. The Bertz CT molecular complexity index is 479. The summed E-state index contributed by atoms with van der Waals surface area (Å²) in [5, 5.41) is 2.89. The molecule has 98 valence electrons. The molecule has 18 heavy (non-hydrogen) atoms. The van der Waals surface area contributed by atoms with Gasteiger partial charge in [0.05, 0.1) is 16.6 Å². The number of carbonyl (C=O) groups excluding carboxylic acids is 1. The smallest absolute Gasteiger partial charge is 0.254 e. The maximum Gasteiger partial charge on any atom is 0.254 e. The van der Waals surface area contributed by atoms with Crippen LogP contribution in [0.2, 0.25) is 5.02 Å². The lowest BCUT2D eigenvalue weighted by Gasteiger charge is -2.21. The van der Waals surface area contributed by atoms with Crippen LogP contribution in [0.3, 0.4) is 0 Å². The third-order valence-electron chi connectivity index (χ3n) is 2.43. The van der Waals surface area contributed by atoms with E-state index in [9.17, 15) is 9.18 Å². The summed E-state index contributed by atoms with van der Waals surface area (Å²) in [5.41, 5.74) is 5.41. The number of benzene rings is 1. The minimum atomic E-state index is -0.637. The van der Waals surface area contributed by atoms with Crippen molar-refractivity contribution in [2.75, 3.05) is 0 Å². The van der Waals surface area contributed by atoms with E-state index in [0.717, 1.165) is 6.07 Å². The van der Waals surface area contributed by atoms with Gasteiger partial charge >= 0.3 is 0 Å². The SMILES string of the molecule is CC(C)C(NC(=O)c1cc(Cl)ccc1F)C(N)=S. The summed E-state index contributed by atoms with van der Waals surface area (Å²) < 4.78 is 13.5. The maximum absolute atomic E-state index is 13.5. The van der Waals surface area contributed by atoms with Gasteiger partial charge in [0, 0.05) is 5.02 Å². The van der Waals surface area contributed by atoms with E-state index in [4.69, 9.17) is 29.6 Å². The predicted molar refractivity (Wildman–Crippen MR) is 74.3 cm³/mol. The Balaban J connectivity index is 2.94. The minimum Gasteiger partial charge on any atom is -0.392 e. The third-order valence-corrected chi connectivity index (χ3v) is 2.92. The van der Waals surface area contributed by atoms with E-state index in [2.05, 4.69) is 5.32 Å². The molecule has 3 N–H and O–H groups in total. The molecule has 0 aliphatic rings. The molecular weight excluding hydrogens is 275 g/mol. The Morgan fingerprint density at radius 2 is 2.11 bits per heavy atom. The van der Waals surface area contributed by atoms with Crippen LogP contribution in [0.1, 0.15) is 24.2 Å². The first-order chi connectivity index (χ1) is 8.32. The lowest BCUT2D eigenvalue weighted by atomic mass is 10.0. The number of nitrogens with two attached hydrogens (primary N) is 1. The van der Waals surface area contributed by atoms with Gasteiger partial charge in [-0.3, -0.25) is 4.79 Å². The summed E-state index contributed by atoms with van der Waals surface area (Å²) >= 11 is 10.6. The summed E-state index contributed by atoms with van der Waals surface area (Å²) in [6.07, 6.45) is 0. The highest BCUT2D eigenvalue weighted by atomic mass is 35.5. The van der Waals surface area contributed by atoms with Gasteiger partial charge in [0.1, 0.15) is 5.82 Å². The standard InChI is InChI=1S/C12H14ClFN2OS/c1-6(2)10(11(15)18)16-12(17)8-5-7(13)3-4-9(8)14/h3-6,10H,1-2H3,(H2,15,18)(H,16,17). The lowest BCUT2D eigenvalue weighted by Crippen LogP contribution is -2.47. The molecule has 1 amide bonds. The van der Waals surface area contributed by atoms with Crippen molar-refractivity contribution in [1.29, 1.82) is 0 Å². The van der Waals surface area contributed by atoms with Crippen LogP contribution >= 0.6 is 23.8 Å². The number of amides is 1. The first-order valence-electron chi connectivity index (χ1n) is 5.38. The van der Waals surface area contributed by atoms with Gasteiger partial charge in [-0.2, -0.15) is 0 Å². The number of hydrogen-bond donors (Lipinski definition) is 2. The second kappa shape index (κ2) is 6.11. The topological polar surface area (TPSA) is 55.1 Å². The number of halogens is 2. The number of nitrogens with one attached hydrogen (secondary N) is 1. The predicted octanol–water partition coefficient (Wildman–Crippen LogP) is 2.52. The van der Waals surface area contributed by atoms with Gasteiger partial charge in [0.25, 0.3) is 5.91 Å². The number of rotatable bonds is 4. The van der Waals surface area contributed by atoms with Crippen LogP contribution < -0.4 is 11.1 Å². The number of carbonyl (C=O) groups is 1. The minimum absolute atomic E-state index is 0.0219. The molecular formula is C12H14ClFN2OS. The highest BCUT2D eigenvalue weighted by Crippen LogP contribution is 2.15. The van der Waals surface area contributed by atoms with Crippen molar-refractivity contribution in [2.24, 2.45) is 11.7 Å². The lowest BCUT2D eigenvalue weighted by molar-refractivity contribution is 0.0936. The van der Waals surface area contributed by atoms with E-state index in [1.165, 1.54) is 12.1 Å². The molecule has 1 aromatic rings. The van der Waals surface area contributed by atoms with Gasteiger partial charge in [-0.05, 0) is 24.1 Å². The summed E-state index contributed by atoms with van der Waals surface area (Å²) in [7, 11) is 0. The quantitative estimate of drug-likeness (QED) is 0.837. The summed E-state index contributed by atoms with van der Waals surface area (Å²) in [6, 6.07) is 3.30. The first-order valence-corrected chi connectivity index (χ1v) is 6.16. The molecule has 0 saturated heterocycles. The van der Waals surface area contributed by atoms with Crippen LogP contribution in [0.25, 0.3) is 0 Å². The third kappa shape index (κ3) is 3.65. The fourth-order valence-corrected chi connectivity index (χ4v) is 1.96. The second-order valence-corrected chi connectivity index (χ2v) is 5.13. The Kier molecular flexibility index (Phi) is 5.04. The van der Waals surface area contributed by atoms with E-state index < -0.39 is 17.8 Å². The molecule has 0 radical (unpaired) electrons. The molecule has 0 spiro atoms. The summed E-state index contributed by atoms with van der Waals surface area (Å²) in [5.74, 6) is -1.20. The van der Waals surface area contributed by atoms with Gasteiger partial charge < -0.3 is 11.1 Å². The van der Waals surface area contributed by atoms with Crippen molar-refractivity contribution < 1.29 is 9.18 Å². The molecule has 3 nitrogen and oxygen atoms in total. The van der Waals surface area contributed by atoms with Crippen LogP contribution in [0, 0.1) is 11.7 Å². The molecule has 6 heteroatoms. The Labute approximate surface area is 115 Å². The summed E-state index contributed by atoms with van der Waals surface area (Å²) in [6.45, 7) is 3.72. The molecule has 0 aromatic heterocycles.